The van der Waals surface area contributed by atoms with Gasteiger partial charge >= 0.3 is 0 Å². The Bertz CT molecular complexity index is 1020. The maximum atomic E-state index is 13.7. The molecule has 0 aliphatic carbocycles. The van der Waals surface area contributed by atoms with E-state index < -0.39 is 0 Å². The van der Waals surface area contributed by atoms with Crippen molar-refractivity contribution >= 4 is 23.1 Å². The van der Waals surface area contributed by atoms with Crippen molar-refractivity contribution in [3.8, 4) is 0 Å². The van der Waals surface area contributed by atoms with E-state index in [1.165, 1.54) is 22.6 Å². The van der Waals surface area contributed by atoms with Gasteiger partial charge in [-0.25, -0.2) is 9.29 Å². The van der Waals surface area contributed by atoms with Crippen LogP contribution in [0.2, 0.25) is 0 Å². The number of piperidine rings is 1. The van der Waals surface area contributed by atoms with Gasteiger partial charge in [0.25, 0.3) is 11.8 Å². The summed E-state index contributed by atoms with van der Waals surface area (Å²) in [5.41, 5.74) is 3.16. The first-order valence-corrected chi connectivity index (χ1v) is 11.6. The van der Waals surface area contributed by atoms with E-state index in [9.17, 15) is 14.0 Å². The SMILES string of the molecule is CCCCc1ccc(N2C(=O)C(c3ccc(F)cc3)=C(N3CC(C)CC(C)C3)C2=O)cc1. The van der Waals surface area contributed by atoms with Crippen LogP contribution in [0, 0.1) is 17.7 Å². The summed E-state index contributed by atoms with van der Waals surface area (Å²) < 4.78 is 13.6. The number of hydrogen-bond donors (Lipinski definition) is 0. The normalized spacial score (nSPS) is 21.6. The molecule has 2 aromatic carbocycles. The number of anilines is 1. The number of aryl methyl sites for hydroxylation is 1. The standard InChI is InChI=1S/C27H31FN2O2/c1-4-5-6-20-7-13-23(14-8-20)30-26(31)24(21-9-11-22(28)12-10-21)25(27(30)32)29-16-18(2)15-19(3)17-29/h7-14,18-19H,4-6,15-17H2,1-3H3. The first-order chi connectivity index (χ1) is 15.4. The van der Waals surface area contributed by atoms with Crippen LogP contribution in [0.5, 0.6) is 0 Å². The molecule has 2 amide bonds. The lowest BCUT2D eigenvalue weighted by Crippen LogP contribution is -2.42. The molecule has 2 aromatic rings. The van der Waals surface area contributed by atoms with E-state index in [1.54, 1.807) is 12.1 Å². The van der Waals surface area contributed by atoms with Gasteiger partial charge in [-0.2, -0.15) is 0 Å². The topological polar surface area (TPSA) is 40.6 Å². The fourth-order valence-corrected chi connectivity index (χ4v) is 4.96. The van der Waals surface area contributed by atoms with E-state index in [0.29, 0.717) is 34.4 Å². The maximum absolute atomic E-state index is 13.7. The van der Waals surface area contributed by atoms with Crippen LogP contribution in [0.25, 0.3) is 5.57 Å². The fraction of sp³-hybridized carbons (Fsp3) is 0.407. The molecular formula is C27H31FN2O2. The maximum Gasteiger partial charge on any atom is 0.282 e. The van der Waals surface area contributed by atoms with E-state index in [-0.39, 0.29) is 17.6 Å². The van der Waals surface area contributed by atoms with Gasteiger partial charge in [0.2, 0.25) is 0 Å². The van der Waals surface area contributed by atoms with E-state index >= 15 is 0 Å². The predicted octanol–water partition coefficient (Wildman–Crippen LogP) is 5.43. The predicted molar refractivity (Wildman–Crippen MR) is 125 cm³/mol. The molecule has 2 aliphatic rings. The lowest BCUT2D eigenvalue weighted by molar-refractivity contribution is -0.120. The summed E-state index contributed by atoms with van der Waals surface area (Å²) in [5.74, 6) is -0.154. The first kappa shape index (κ1) is 22.3. The highest BCUT2D eigenvalue weighted by Crippen LogP contribution is 2.37. The molecule has 1 fully saturated rings. The van der Waals surface area contributed by atoms with Crippen molar-refractivity contribution in [2.75, 3.05) is 18.0 Å². The minimum atomic E-state index is -0.368. The molecule has 4 nitrogen and oxygen atoms in total. The van der Waals surface area contributed by atoms with Crippen molar-refractivity contribution in [2.45, 2.75) is 46.5 Å². The van der Waals surface area contributed by atoms with Crippen LogP contribution in [0.3, 0.4) is 0 Å². The highest BCUT2D eigenvalue weighted by molar-refractivity contribution is 6.45. The molecule has 0 spiro atoms. The lowest BCUT2D eigenvalue weighted by atomic mass is 9.91. The zero-order valence-corrected chi connectivity index (χ0v) is 19.1. The Morgan fingerprint density at radius 2 is 1.53 bits per heavy atom. The summed E-state index contributed by atoms with van der Waals surface area (Å²) in [7, 11) is 0. The third-order valence-electron chi connectivity index (χ3n) is 6.39. The number of benzene rings is 2. The molecular weight excluding hydrogens is 403 g/mol. The van der Waals surface area contributed by atoms with Crippen molar-refractivity contribution in [2.24, 2.45) is 11.8 Å². The zero-order chi connectivity index (χ0) is 22.8. The van der Waals surface area contributed by atoms with Crippen LogP contribution < -0.4 is 4.90 Å². The van der Waals surface area contributed by atoms with Gasteiger partial charge in [0.05, 0.1) is 11.3 Å². The number of hydrogen-bond acceptors (Lipinski definition) is 3. The zero-order valence-electron chi connectivity index (χ0n) is 19.1. The van der Waals surface area contributed by atoms with E-state index in [4.69, 9.17) is 0 Å². The average molecular weight is 435 g/mol. The molecule has 2 aliphatic heterocycles. The van der Waals surface area contributed by atoms with Crippen LogP contribution in [0.15, 0.2) is 54.2 Å². The average Bonchev–Trinajstić information content (AvgIpc) is 3.02. The Labute approximate surface area is 189 Å². The summed E-state index contributed by atoms with van der Waals surface area (Å²) in [4.78, 5) is 30.6. The van der Waals surface area contributed by atoms with Crippen LogP contribution >= 0.6 is 0 Å². The summed E-state index contributed by atoms with van der Waals surface area (Å²) >= 11 is 0. The summed E-state index contributed by atoms with van der Waals surface area (Å²) in [5, 5.41) is 0. The van der Waals surface area contributed by atoms with Crippen molar-refractivity contribution < 1.29 is 14.0 Å². The molecule has 0 saturated carbocycles. The molecule has 32 heavy (non-hydrogen) atoms. The van der Waals surface area contributed by atoms with Gasteiger partial charge in [0.15, 0.2) is 0 Å². The van der Waals surface area contributed by atoms with Gasteiger partial charge in [-0.05, 0) is 66.5 Å². The Hall–Kier alpha value is -2.95. The molecule has 4 rings (SSSR count). The second-order valence-electron chi connectivity index (χ2n) is 9.30. The van der Waals surface area contributed by atoms with E-state index in [1.807, 2.05) is 24.3 Å². The molecule has 1 saturated heterocycles. The van der Waals surface area contributed by atoms with Gasteiger partial charge in [-0.3, -0.25) is 9.59 Å². The number of carbonyl (C=O) groups excluding carboxylic acids is 2. The molecule has 0 bridgehead atoms. The number of halogens is 1. The van der Waals surface area contributed by atoms with Crippen LogP contribution in [-0.2, 0) is 16.0 Å². The first-order valence-electron chi connectivity index (χ1n) is 11.6. The molecule has 0 radical (unpaired) electrons. The second-order valence-corrected chi connectivity index (χ2v) is 9.30. The van der Waals surface area contributed by atoms with Crippen molar-refractivity contribution in [3.63, 3.8) is 0 Å². The lowest BCUT2D eigenvalue weighted by Gasteiger charge is -2.37. The summed E-state index contributed by atoms with van der Waals surface area (Å²) in [6.07, 6.45) is 4.30. The van der Waals surface area contributed by atoms with Crippen molar-refractivity contribution in [1.29, 1.82) is 0 Å². The van der Waals surface area contributed by atoms with Gasteiger partial charge in [0, 0.05) is 13.1 Å². The molecule has 168 valence electrons. The molecule has 0 aromatic heterocycles. The van der Waals surface area contributed by atoms with Gasteiger partial charge in [-0.1, -0.05) is 51.5 Å². The van der Waals surface area contributed by atoms with Crippen molar-refractivity contribution in [1.82, 2.24) is 4.90 Å². The molecule has 0 N–H and O–H groups in total. The number of unbranched alkanes of at least 4 members (excludes halogenated alkanes) is 1. The number of amides is 2. The van der Waals surface area contributed by atoms with Crippen LogP contribution in [-0.4, -0.2) is 29.8 Å². The van der Waals surface area contributed by atoms with Crippen LogP contribution in [0.4, 0.5) is 10.1 Å². The second kappa shape index (κ2) is 9.27. The van der Waals surface area contributed by atoms with Crippen molar-refractivity contribution in [3.05, 3.63) is 71.2 Å². The number of rotatable bonds is 6. The molecule has 2 unspecified atom stereocenters. The van der Waals surface area contributed by atoms with E-state index in [2.05, 4.69) is 25.7 Å². The Kier molecular flexibility index (Phi) is 6.45. The third kappa shape index (κ3) is 4.34. The van der Waals surface area contributed by atoms with Gasteiger partial charge in [0.1, 0.15) is 11.5 Å². The highest BCUT2D eigenvalue weighted by Gasteiger charge is 2.43. The summed E-state index contributed by atoms with van der Waals surface area (Å²) in [6.45, 7) is 7.96. The fourth-order valence-electron chi connectivity index (χ4n) is 4.96. The number of carbonyl (C=O) groups is 2. The highest BCUT2D eigenvalue weighted by atomic mass is 19.1. The number of imide groups is 1. The number of likely N-dealkylation sites (tertiary alicyclic amines) is 1. The molecule has 5 heteroatoms. The summed E-state index contributed by atoms with van der Waals surface area (Å²) in [6, 6.07) is 13.5. The quantitative estimate of drug-likeness (QED) is 0.569. The van der Waals surface area contributed by atoms with Gasteiger partial charge in [-0.15, -0.1) is 0 Å². The Morgan fingerprint density at radius 1 is 0.906 bits per heavy atom. The number of nitrogens with zero attached hydrogens (tertiary/aromatic N) is 2. The minimum absolute atomic E-state index is 0.295. The Balaban J connectivity index is 1.73. The smallest absolute Gasteiger partial charge is 0.282 e. The largest absolute Gasteiger partial charge is 0.366 e. The molecule has 2 heterocycles. The Morgan fingerprint density at radius 3 is 2.12 bits per heavy atom. The minimum Gasteiger partial charge on any atom is -0.366 e. The van der Waals surface area contributed by atoms with Gasteiger partial charge < -0.3 is 4.90 Å². The van der Waals surface area contributed by atoms with E-state index in [0.717, 1.165) is 38.8 Å². The monoisotopic (exact) mass is 434 g/mol. The van der Waals surface area contributed by atoms with Crippen LogP contribution in [0.1, 0.15) is 51.2 Å². The molecule has 2 atom stereocenters. The third-order valence-corrected chi connectivity index (χ3v) is 6.39.